The third-order valence-corrected chi connectivity index (χ3v) is 3.82. The maximum Gasteiger partial charge on any atom is 0.185 e. The number of aryl methyl sites for hydroxylation is 1. The molecule has 1 aliphatic rings. The van der Waals surface area contributed by atoms with Gasteiger partial charge in [-0.05, 0) is 58.8 Å². The molecule has 1 aliphatic heterocycles. The lowest BCUT2D eigenvalue weighted by molar-refractivity contribution is 0.0698. The maximum absolute atomic E-state index is 13.8. The summed E-state index contributed by atoms with van der Waals surface area (Å²) in [6, 6.07) is 4.72. The SMILES string of the molecule is Cc1ccc(F)c(C(=O)C(C)(C)N2CCCC2)c1. The van der Waals surface area contributed by atoms with E-state index in [1.54, 1.807) is 12.1 Å². The maximum atomic E-state index is 13.8. The topological polar surface area (TPSA) is 20.3 Å². The average Bonchev–Trinajstić information content (AvgIpc) is 2.85. The van der Waals surface area contributed by atoms with Crippen LogP contribution in [0.1, 0.15) is 42.6 Å². The van der Waals surface area contributed by atoms with Gasteiger partial charge in [-0.1, -0.05) is 11.6 Å². The minimum Gasteiger partial charge on any atom is -0.292 e. The first kappa shape index (κ1) is 13.2. The number of ketones is 1. The second-order valence-corrected chi connectivity index (χ2v) is 5.57. The highest BCUT2D eigenvalue weighted by Crippen LogP contribution is 2.26. The van der Waals surface area contributed by atoms with E-state index in [9.17, 15) is 9.18 Å². The Morgan fingerprint density at radius 1 is 1.28 bits per heavy atom. The van der Waals surface area contributed by atoms with E-state index in [1.165, 1.54) is 6.07 Å². The molecule has 1 heterocycles. The van der Waals surface area contributed by atoms with Crippen molar-refractivity contribution in [1.82, 2.24) is 4.90 Å². The van der Waals surface area contributed by atoms with E-state index >= 15 is 0 Å². The fourth-order valence-corrected chi connectivity index (χ4v) is 2.56. The lowest BCUT2D eigenvalue weighted by Gasteiger charge is -2.34. The molecular weight excluding hydrogens is 229 g/mol. The number of nitrogens with zero attached hydrogens (tertiary/aromatic N) is 1. The largest absolute Gasteiger partial charge is 0.292 e. The zero-order chi connectivity index (χ0) is 13.3. The molecule has 98 valence electrons. The standard InChI is InChI=1S/C15H20FNO/c1-11-6-7-13(16)12(10-11)14(18)15(2,3)17-8-4-5-9-17/h6-7,10H,4-5,8-9H2,1-3H3. The Kier molecular flexibility index (Phi) is 3.53. The zero-order valence-corrected chi connectivity index (χ0v) is 11.3. The van der Waals surface area contributed by atoms with Crippen LogP contribution in [0.3, 0.4) is 0 Å². The van der Waals surface area contributed by atoms with Gasteiger partial charge in [-0.15, -0.1) is 0 Å². The van der Waals surface area contributed by atoms with Crippen LogP contribution in [0.25, 0.3) is 0 Å². The van der Waals surface area contributed by atoms with Crippen LogP contribution in [0.4, 0.5) is 4.39 Å². The molecular formula is C15H20FNO. The van der Waals surface area contributed by atoms with Gasteiger partial charge in [0.2, 0.25) is 0 Å². The first-order valence-corrected chi connectivity index (χ1v) is 6.49. The van der Waals surface area contributed by atoms with E-state index in [1.807, 2.05) is 20.8 Å². The highest BCUT2D eigenvalue weighted by molar-refractivity contribution is 6.03. The summed E-state index contributed by atoms with van der Waals surface area (Å²) in [5.74, 6) is -0.538. The fraction of sp³-hybridized carbons (Fsp3) is 0.533. The highest BCUT2D eigenvalue weighted by atomic mass is 19.1. The molecule has 0 aliphatic carbocycles. The minimum absolute atomic E-state index is 0.120. The van der Waals surface area contributed by atoms with Crippen molar-refractivity contribution in [2.75, 3.05) is 13.1 Å². The number of benzene rings is 1. The Labute approximate surface area is 108 Å². The summed E-state index contributed by atoms with van der Waals surface area (Å²) in [6.07, 6.45) is 2.24. The van der Waals surface area contributed by atoms with Crippen molar-refractivity contribution in [3.8, 4) is 0 Å². The second-order valence-electron chi connectivity index (χ2n) is 5.57. The number of rotatable bonds is 3. The molecule has 1 fully saturated rings. The molecule has 1 aromatic rings. The van der Waals surface area contributed by atoms with Crippen LogP contribution in [-0.4, -0.2) is 29.3 Å². The van der Waals surface area contributed by atoms with Crippen molar-refractivity contribution in [2.24, 2.45) is 0 Å². The lowest BCUT2D eigenvalue weighted by atomic mass is 9.90. The van der Waals surface area contributed by atoms with Gasteiger partial charge >= 0.3 is 0 Å². The van der Waals surface area contributed by atoms with Gasteiger partial charge in [0.15, 0.2) is 5.78 Å². The molecule has 2 rings (SSSR count). The number of carbonyl (C=O) groups excluding carboxylic acids is 1. The van der Waals surface area contributed by atoms with Gasteiger partial charge < -0.3 is 0 Å². The smallest absolute Gasteiger partial charge is 0.185 e. The first-order valence-electron chi connectivity index (χ1n) is 6.49. The number of halogens is 1. The lowest BCUT2D eigenvalue weighted by Crippen LogP contribution is -2.48. The predicted molar refractivity (Wildman–Crippen MR) is 70.4 cm³/mol. The van der Waals surface area contributed by atoms with Crippen molar-refractivity contribution >= 4 is 5.78 Å². The monoisotopic (exact) mass is 249 g/mol. The summed E-state index contributed by atoms with van der Waals surface area (Å²) in [6.45, 7) is 7.50. The van der Waals surface area contributed by atoms with Gasteiger partial charge in [0, 0.05) is 0 Å². The first-order chi connectivity index (χ1) is 8.43. The molecule has 0 aromatic heterocycles. The van der Waals surface area contributed by atoms with Crippen LogP contribution in [0.2, 0.25) is 0 Å². The zero-order valence-electron chi connectivity index (χ0n) is 11.3. The molecule has 2 nitrogen and oxygen atoms in total. The number of hydrogen-bond donors (Lipinski definition) is 0. The normalized spacial score (nSPS) is 17.1. The number of hydrogen-bond acceptors (Lipinski definition) is 2. The number of likely N-dealkylation sites (tertiary alicyclic amines) is 1. The molecule has 1 saturated heterocycles. The molecule has 0 N–H and O–H groups in total. The van der Waals surface area contributed by atoms with Gasteiger partial charge in [0.1, 0.15) is 5.82 Å². The van der Waals surface area contributed by atoms with Gasteiger partial charge in [-0.25, -0.2) is 4.39 Å². The third kappa shape index (κ3) is 2.32. The van der Waals surface area contributed by atoms with Crippen LogP contribution in [0.15, 0.2) is 18.2 Å². The quantitative estimate of drug-likeness (QED) is 0.767. The van der Waals surface area contributed by atoms with E-state index in [2.05, 4.69) is 4.90 Å². The fourth-order valence-electron chi connectivity index (χ4n) is 2.56. The Balaban J connectivity index is 2.32. The third-order valence-electron chi connectivity index (χ3n) is 3.82. The molecule has 0 unspecified atom stereocenters. The Morgan fingerprint density at radius 2 is 1.89 bits per heavy atom. The van der Waals surface area contributed by atoms with Crippen molar-refractivity contribution in [1.29, 1.82) is 0 Å². The van der Waals surface area contributed by atoms with E-state index in [0.717, 1.165) is 31.5 Å². The summed E-state index contributed by atoms with van der Waals surface area (Å²) in [5.41, 5.74) is 0.509. The number of carbonyl (C=O) groups is 1. The molecule has 0 saturated carbocycles. The van der Waals surface area contributed by atoms with Gasteiger partial charge in [-0.2, -0.15) is 0 Å². The van der Waals surface area contributed by atoms with Crippen molar-refractivity contribution in [3.63, 3.8) is 0 Å². The Bertz CT molecular complexity index is 462. The van der Waals surface area contributed by atoms with Crippen LogP contribution in [-0.2, 0) is 0 Å². The molecule has 1 aromatic carbocycles. The average molecular weight is 249 g/mol. The van der Waals surface area contributed by atoms with E-state index in [4.69, 9.17) is 0 Å². The summed E-state index contributed by atoms with van der Waals surface area (Å²) < 4.78 is 13.8. The van der Waals surface area contributed by atoms with Crippen molar-refractivity contribution in [2.45, 2.75) is 39.2 Å². The minimum atomic E-state index is -0.620. The van der Waals surface area contributed by atoms with Gasteiger partial charge in [-0.3, -0.25) is 9.69 Å². The van der Waals surface area contributed by atoms with E-state index in [0.29, 0.717) is 0 Å². The molecule has 0 atom stereocenters. The van der Waals surface area contributed by atoms with Crippen LogP contribution < -0.4 is 0 Å². The van der Waals surface area contributed by atoms with E-state index < -0.39 is 11.4 Å². The molecule has 3 heteroatoms. The van der Waals surface area contributed by atoms with Crippen molar-refractivity contribution in [3.05, 3.63) is 35.1 Å². The molecule has 18 heavy (non-hydrogen) atoms. The van der Waals surface area contributed by atoms with Crippen molar-refractivity contribution < 1.29 is 9.18 Å². The molecule has 0 radical (unpaired) electrons. The molecule has 0 amide bonds. The Morgan fingerprint density at radius 3 is 2.50 bits per heavy atom. The van der Waals surface area contributed by atoms with Crippen LogP contribution >= 0.6 is 0 Å². The molecule has 0 bridgehead atoms. The summed E-state index contributed by atoms with van der Waals surface area (Å²) in [4.78, 5) is 14.7. The Hall–Kier alpha value is -1.22. The summed E-state index contributed by atoms with van der Waals surface area (Å²) in [5, 5.41) is 0. The molecule has 0 spiro atoms. The predicted octanol–water partition coefficient (Wildman–Crippen LogP) is 3.19. The van der Waals surface area contributed by atoms with Gasteiger partial charge in [0.25, 0.3) is 0 Å². The summed E-state index contributed by atoms with van der Waals surface area (Å²) in [7, 11) is 0. The van der Waals surface area contributed by atoms with Crippen LogP contribution in [0.5, 0.6) is 0 Å². The summed E-state index contributed by atoms with van der Waals surface area (Å²) >= 11 is 0. The second kappa shape index (κ2) is 4.81. The van der Waals surface area contributed by atoms with Crippen LogP contribution in [0, 0.1) is 12.7 Å². The number of Topliss-reactive ketones (excluding diaryl/α,β-unsaturated/α-hetero) is 1. The highest BCUT2D eigenvalue weighted by Gasteiger charge is 2.37. The van der Waals surface area contributed by atoms with E-state index in [-0.39, 0.29) is 11.3 Å². The van der Waals surface area contributed by atoms with Gasteiger partial charge in [0.05, 0.1) is 11.1 Å².